The number of nitriles is 2. The molecule has 1 aromatic carbocycles. The Balaban J connectivity index is 1.86. The van der Waals surface area contributed by atoms with Crippen LogP contribution >= 0.6 is 11.8 Å². The van der Waals surface area contributed by atoms with Crippen LogP contribution in [-0.4, -0.2) is 22.0 Å². The minimum absolute atomic E-state index is 0.0436. The Morgan fingerprint density at radius 2 is 1.81 bits per heavy atom. The van der Waals surface area contributed by atoms with Gasteiger partial charge >= 0.3 is 0 Å². The fourth-order valence-corrected chi connectivity index (χ4v) is 3.84. The van der Waals surface area contributed by atoms with Gasteiger partial charge in [0.05, 0.1) is 28.1 Å². The van der Waals surface area contributed by atoms with Crippen LogP contribution in [-0.2, 0) is 9.59 Å². The first-order chi connectivity index (χ1) is 12.9. The summed E-state index contributed by atoms with van der Waals surface area (Å²) in [5, 5.41) is 18.0. The van der Waals surface area contributed by atoms with Gasteiger partial charge in [-0.15, -0.1) is 0 Å². The zero-order chi connectivity index (χ0) is 19.6. The molecule has 2 amide bonds. The fourth-order valence-electron chi connectivity index (χ4n) is 2.74. The van der Waals surface area contributed by atoms with Gasteiger partial charge in [0.2, 0.25) is 11.8 Å². The number of rotatable bonds is 4. The number of benzene rings is 1. The highest BCUT2D eigenvalue weighted by Gasteiger charge is 2.40. The Bertz CT molecular complexity index is 987. The van der Waals surface area contributed by atoms with Gasteiger partial charge in [-0.05, 0) is 42.3 Å². The monoisotopic (exact) mass is 376 g/mol. The van der Waals surface area contributed by atoms with Crippen molar-refractivity contribution in [2.75, 3.05) is 4.90 Å². The molecular weight excluding hydrogens is 360 g/mol. The lowest BCUT2D eigenvalue weighted by Gasteiger charge is -2.15. The van der Waals surface area contributed by atoms with Crippen LogP contribution in [0.3, 0.4) is 0 Å². The van der Waals surface area contributed by atoms with Crippen molar-refractivity contribution in [2.24, 2.45) is 0 Å². The van der Waals surface area contributed by atoms with Crippen LogP contribution in [0.5, 0.6) is 0 Å². The van der Waals surface area contributed by atoms with Crippen molar-refractivity contribution in [2.45, 2.75) is 36.5 Å². The van der Waals surface area contributed by atoms with Crippen molar-refractivity contribution in [3.05, 3.63) is 53.2 Å². The van der Waals surface area contributed by atoms with E-state index >= 15 is 0 Å². The van der Waals surface area contributed by atoms with Gasteiger partial charge in [-0.1, -0.05) is 25.6 Å². The summed E-state index contributed by atoms with van der Waals surface area (Å²) >= 11 is 1.15. The summed E-state index contributed by atoms with van der Waals surface area (Å²) in [5.41, 5.74) is 2.12. The molecule has 0 radical (unpaired) electrons. The Morgan fingerprint density at radius 3 is 2.41 bits per heavy atom. The highest BCUT2D eigenvalue weighted by molar-refractivity contribution is 8.00. The molecule has 0 aliphatic carbocycles. The first kappa shape index (κ1) is 18.6. The maximum Gasteiger partial charge on any atom is 0.247 e. The summed E-state index contributed by atoms with van der Waals surface area (Å²) in [4.78, 5) is 30.9. The molecule has 6 nitrogen and oxygen atoms in total. The number of pyridine rings is 1. The average molecular weight is 376 g/mol. The highest BCUT2D eigenvalue weighted by Crippen LogP contribution is 2.35. The van der Waals surface area contributed by atoms with Gasteiger partial charge in [0.15, 0.2) is 0 Å². The largest absolute Gasteiger partial charge is 0.274 e. The second kappa shape index (κ2) is 7.61. The summed E-state index contributed by atoms with van der Waals surface area (Å²) in [5.74, 6) is -0.454. The molecule has 0 spiro atoms. The summed E-state index contributed by atoms with van der Waals surface area (Å²) in [7, 11) is 0. The second-order valence-electron chi connectivity index (χ2n) is 6.39. The number of imide groups is 1. The molecule has 0 bridgehead atoms. The van der Waals surface area contributed by atoms with E-state index in [1.54, 1.807) is 36.4 Å². The molecule has 27 heavy (non-hydrogen) atoms. The van der Waals surface area contributed by atoms with E-state index in [4.69, 9.17) is 5.26 Å². The molecule has 2 aromatic rings. The van der Waals surface area contributed by atoms with Crippen molar-refractivity contribution in [1.82, 2.24) is 4.98 Å². The molecular formula is C20H16N4O2S. The smallest absolute Gasteiger partial charge is 0.247 e. The topological polar surface area (TPSA) is 97.9 Å². The highest BCUT2D eigenvalue weighted by atomic mass is 32.2. The van der Waals surface area contributed by atoms with Crippen molar-refractivity contribution < 1.29 is 9.59 Å². The first-order valence-electron chi connectivity index (χ1n) is 8.39. The third-order valence-electron chi connectivity index (χ3n) is 4.21. The van der Waals surface area contributed by atoms with E-state index in [9.17, 15) is 14.9 Å². The van der Waals surface area contributed by atoms with Crippen LogP contribution < -0.4 is 4.90 Å². The standard InChI is InChI=1S/C20H16N4O2S/c1-12(2)16-8-5-14(11-22)19(23-16)27-17-9-18(25)24(20(17)26)15-6-3-13(10-21)4-7-15/h3-8,12,17H,9H2,1-2H3. The lowest BCUT2D eigenvalue weighted by Crippen LogP contribution is -2.31. The predicted octanol–water partition coefficient (Wildman–Crippen LogP) is 3.37. The lowest BCUT2D eigenvalue weighted by molar-refractivity contribution is -0.121. The molecule has 1 unspecified atom stereocenters. The van der Waals surface area contributed by atoms with E-state index in [0.29, 0.717) is 21.8 Å². The van der Waals surface area contributed by atoms with Gasteiger partial charge in [0, 0.05) is 12.1 Å². The molecule has 0 saturated carbocycles. The Labute approximate surface area is 161 Å². The van der Waals surface area contributed by atoms with E-state index in [0.717, 1.165) is 22.4 Å². The maximum atomic E-state index is 12.8. The van der Waals surface area contributed by atoms with Crippen LogP contribution in [0.25, 0.3) is 0 Å². The SMILES string of the molecule is CC(C)c1ccc(C#N)c(SC2CC(=O)N(c3ccc(C#N)cc3)C2=O)n1. The number of amides is 2. The third-order valence-corrected chi connectivity index (χ3v) is 5.39. The molecule has 1 saturated heterocycles. The first-order valence-corrected chi connectivity index (χ1v) is 9.27. The van der Waals surface area contributed by atoms with Crippen molar-refractivity contribution >= 4 is 29.3 Å². The molecule has 1 atom stereocenters. The minimum atomic E-state index is -0.629. The third kappa shape index (κ3) is 3.69. The number of carbonyl (C=O) groups excluding carboxylic acids is 2. The summed E-state index contributed by atoms with van der Waals surface area (Å²) in [6, 6.07) is 13.9. The summed E-state index contributed by atoms with van der Waals surface area (Å²) in [6.07, 6.45) is 0.0436. The number of aromatic nitrogens is 1. The number of nitrogens with zero attached hydrogens (tertiary/aromatic N) is 4. The Kier molecular flexibility index (Phi) is 5.25. The fraction of sp³-hybridized carbons (Fsp3) is 0.250. The van der Waals surface area contributed by atoms with Crippen molar-refractivity contribution in [1.29, 1.82) is 10.5 Å². The Morgan fingerprint density at radius 1 is 1.11 bits per heavy atom. The number of anilines is 1. The summed E-state index contributed by atoms with van der Waals surface area (Å²) < 4.78 is 0. The van der Waals surface area contributed by atoms with Crippen LogP contribution in [0, 0.1) is 22.7 Å². The zero-order valence-corrected chi connectivity index (χ0v) is 15.7. The normalized spacial score (nSPS) is 16.5. The van der Waals surface area contributed by atoms with Gasteiger partial charge in [-0.25, -0.2) is 9.88 Å². The predicted molar refractivity (Wildman–Crippen MR) is 101 cm³/mol. The van der Waals surface area contributed by atoms with Gasteiger partial charge < -0.3 is 0 Å². The van der Waals surface area contributed by atoms with Crippen molar-refractivity contribution in [3.63, 3.8) is 0 Å². The van der Waals surface area contributed by atoms with Gasteiger partial charge in [0.25, 0.3) is 0 Å². The van der Waals surface area contributed by atoms with Crippen LogP contribution in [0.15, 0.2) is 41.4 Å². The maximum absolute atomic E-state index is 12.8. The van der Waals surface area contributed by atoms with E-state index in [-0.39, 0.29) is 24.2 Å². The minimum Gasteiger partial charge on any atom is -0.274 e. The number of carbonyl (C=O) groups is 2. The van der Waals surface area contributed by atoms with Crippen LogP contribution in [0.2, 0.25) is 0 Å². The molecule has 1 aromatic heterocycles. The molecule has 2 heterocycles. The van der Waals surface area contributed by atoms with Gasteiger partial charge in [0.1, 0.15) is 11.1 Å². The van der Waals surface area contributed by atoms with Crippen LogP contribution in [0.4, 0.5) is 5.69 Å². The number of hydrogen-bond donors (Lipinski definition) is 0. The molecule has 1 aliphatic heterocycles. The average Bonchev–Trinajstić information content (AvgIpc) is 2.95. The Hall–Kier alpha value is -3.16. The molecule has 1 fully saturated rings. The molecule has 134 valence electrons. The van der Waals surface area contributed by atoms with E-state index in [1.165, 1.54) is 0 Å². The van der Waals surface area contributed by atoms with Crippen molar-refractivity contribution in [3.8, 4) is 12.1 Å². The van der Waals surface area contributed by atoms with Gasteiger partial charge in [-0.3, -0.25) is 9.59 Å². The number of hydrogen-bond acceptors (Lipinski definition) is 6. The molecule has 0 N–H and O–H groups in total. The quantitative estimate of drug-likeness (QED) is 0.759. The molecule has 1 aliphatic rings. The van der Waals surface area contributed by atoms with Crippen LogP contribution in [0.1, 0.15) is 43.0 Å². The second-order valence-corrected chi connectivity index (χ2v) is 7.58. The summed E-state index contributed by atoms with van der Waals surface area (Å²) in [6.45, 7) is 4.00. The zero-order valence-electron chi connectivity index (χ0n) is 14.8. The van der Waals surface area contributed by atoms with E-state index in [1.807, 2.05) is 19.9 Å². The molecule has 3 rings (SSSR count). The number of thioether (sulfide) groups is 1. The van der Waals surface area contributed by atoms with Gasteiger partial charge in [-0.2, -0.15) is 10.5 Å². The lowest BCUT2D eigenvalue weighted by atomic mass is 10.1. The van der Waals surface area contributed by atoms with E-state index < -0.39 is 5.25 Å². The van der Waals surface area contributed by atoms with E-state index in [2.05, 4.69) is 11.1 Å². The molecule has 7 heteroatoms.